The number of hydrogen-bond acceptors (Lipinski definition) is 6. The molecule has 152 valence electrons. The number of anilines is 2. The first-order chi connectivity index (χ1) is 13.8. The molecule has 0 aliphatic rings. The van der Waals surface area contributed by atoms with Crippen LogP contribution < -0.4 is 20.5 Å². The summed E-state index contributed by atoms with van der Waals surface area (Å²) in [6.07, 6.45) is -4.39. The Kier molecular flexibility index (Phi) is 5.76. The number of ether oxygens (including phenoxy) is 2. The van der Waals surface area contributed by atoms with E-state index >= 15 is 0 Å². The van der Waals surface area contributed by atoms with Gasteiger partial charge in [0.1, 0.15) is 5.82 Å². The Morgan fingerprint density at radius 3 is 2.24 bits per heavy atom. The number of alkyl halides is 3. The lowest BCUT2D eigenvalue weighted by atomic mass is 10.1. The molecule has 3 rings (SSSR count). The van der Waals surface area contributed by atoms with Crippen LogP contribution in [0.15, 0.2) is 48.5 Å². The largest absolute Gasteiger partial charge is 0.493 e. The summed E-state index contributed by atoms with van der Waals surface area (Å²) in [4.78, 5) is 8.24. The van der Waals surface area contributed by atoms with Gasteiger partial charge in [0.05, 0.1) is 25.5 Å². The zero-order chi connectivity index (χ0) is 21.0. The Morgan fingerprint density at radius 2 is 1.62 bits per heavy atom. The van der Waals surface area contributed by atoms with Crippen LogP contribution in [0, 0.1) is 0 Å². The third-order valence-electron chi connectivity index (χ3n) is 4.17. The second-order valence-corrected chi connectivity index (χ2v) is 6.11. The van der Waals surface area contributed by atoms with E-state index in [4.69, 9.17) is 15.2 Å². The SMILES string of the molecule is COc1ccc(CNc2cc(-c3ccc(C(F)(F)F)cc3)nc(N)n2)cc1OC. The van der Waals surface area contributed by atoms with Gasteiger partial charge in [-0.25, -0.2) is 4.98 Å². The molecule has 0 fully saturated rings. The lowest BCUT2D eigenvalue weighted by molar-refractivity contribution is -0.137. The first-order valence-corrected chi connectivity index (χ1v) is 8.57. The Morgan fingerprint density at radius 1 is 0.931 bits per heavy atom. The molecule has 0 unspecified atom stereocenters. The number of rotatable bonds is 6. The second kappa shape index (κ2) is 8.26. The standard InChI is InChI=1S/C20H19F3N4O2/c1-28-16-8-3-12(9-17(16)29-2)11-25-18-10-15(26-19(24)27-18)13-4-6-14(7-5-13)20(21,22)23/h3-10H,11H2,1-2H3,(H3,24,25,26,27). The number of aromatic nitrogens is 2. The van der Waals surface area contributed by atoms with Crippen LogP contribution in [0.4, 0.5) is 24.9 Å². The minimum Gasteiger partial charge on any atom is -0.493 e. The van der Waals surface area contributed by atoms with E-state index < -0.39 is 11.7 Å². The van der Waals surface area contributed by atoms with Crippen molar-refractivity contribution in [3.05, 3.63) is 59.7 Å². The number of nitrogens with one attached hydrogen (secondary N) is 1. The molecule has 3 aromatic rings. The van der Waals surface area contributed by atoms with Gasteiger partial charge in [0.25, 0.3) is 0 Å². The monoisotopic (exact) mass is 404 g/mol. The molecule has 1 heterocycles. The number of benzene rings is 2. The summed E-state index contributed by atoms with van der Waals surface area (Å²) in [7, 11) is 3.11. The van der Waals surface area contributed by atoms with E-state index in [0.717, 1.165) is 17.7 Å². The van der Waals surface area contributed by atoms with Gasteiger partial charge < -0.3 is 20.5 Å². The Balaban J connectivity index is 1.79. The maximum atomic E-state index is 12.7. The second-order valence-electron chi connectivity index (χ2n) is 6.11. The molecule has 6 nitrogen and oxygen atoms in total. The smallest absolute Gasteiger partial charge is 0.416 e. The summed E-state index contributed by atoms with van der Waals surface area (Å²) >= 11 is 0. The zero-order valence-corrected chi connectivity index (χ0v) is 15.7. The van der Waals surface area contributed by atoms with Crippen molar-refractivity contribution in [2.45, 2.75) is 12.7 Å². The predicted octanol–water partition coefficient (Wildman–Crippen LogP) is 4.37. The summed E-state index contributed by atoms with van der Waals surface area (Å²) in [5.74, 6) is 1.67. The molecule has 2 aromatic carbocycles. The van der Waals surface area contributed by atoms with Crippen LogP contribution in [0.25, 0.3) is 11.3 Å². The fourth-order valence-electron chi connectivity index (χ4n) is 2.72. The minimum absolute atomic E-state index is 0.0113. The van der Waals surface area contributed by atoms with Crippen LogP contribution in [-0.4, -0.2) is 24.2 Å². The number of nitrogen functional groups attached to an aromatic ring is 1. The molecular formula is C20H19F3N4O2. The predicted molar refractivity (Wildman–Crippen MR) is 104 cm³/mol. The minimum atomic E-state index is -4.39. The number of nitrogens with zero attached hydrogens (tertiary/aromatic N) is 2. The molecule has 0 saturated heterocycles. The third-order valence-corrected chi connectivity index (χ3v) is 4.17. The first-order valence-electron chi connectivity index (χ1n) is 8.57. The topological polar surface area (TPSA) is 82.3 Å². The van der Waals surface area contributed by atoms with E-state index in [-0.39, 0.29) is 5.95 Å². The van der Waals surface area contributed by atoms with Crippen LogP contribution >= 0.6 is 0 Å². The number of methoxy groups -OCH3 is 2. The summed E-state index contributed by atoms with van der Waals surface area (Å²) in [6, 6.07) is 11.8. The van der Waals surface area contributed by atoms with E-state index in [0.29, 0.717) is 35.1 Å². The molecular weight excluding hydrogens is 385 g/mol. The molecule has 0 aliphatic carbocycles. The Labute approximate surface area is 165 Å². The van der Waals surface area contributed by atoms with E-state index in [1.807, 2.05) is 12.1 Å². The number of hydrogen-bond donors (Lipinski definition) is 2. The number of halogens is 3. The van der Waals surface area contributed by atoms with Crippen molar-refractivity contribution >= 4 is 11.8 Å². The lowest BCUT2D eigenvalue weighted by Gasteiger charge is -2.12. The molecule has 0 spiro atoms. The van der Waals surface area contributed by atoms with E-state index in [9.17, 15) is 13.2 Å². The van der Waals surface area contributed by atoms with E-state index in [2.05, 4.69) is 15.3 Å². The van der Waals surface area contributed by atoms with Gasteiger partial charge in [0.15, 0.2) is 11.5 Å². The highest BCUT2D eigenvalue weighted by molar-refractivity contribution is 5.64. The lowest BCUT2D eigenvalue weighted by Crippen LogP contribution is -2.06. The molecule has 1 aromatic heterocycles. The van der Waals surface area contributed by atoms with Crippen LogP contribution in [0.1, 0.15) is 11.1 Å². The van der Waals surface area contributed by atoms with Gasteiger partial charge in [-0.15, -0.1) is 0 Å². The van der Waals surface area contributed by atoms with Crippen LogP contribution in [-0.2, 0) is 12.7 Å². The molecule has 0 amide bonds. The quantitative estimate of drug-likeness (QED) is 0.635. The molecule has 0 aliphatic heterocycles. The van der Waals surface area contributed by atoms with Crippen molar-refractivity contribution in [2.75, 3.05) is 25.3 Å². The van der Waals surface area contributed by atoms with Gasteiger partial charge in [-0.1, -0.05) is 18.2 Å². The Bertz CT molecular complexity index is 992. The van der Waals surface area contributed by atoms with Gasteiger partial charge in [0, 0.05) is 18.2 Å². The molecule has 0 saturated carbocycles. The summed E-state index contributed by atoms with van der Waals surface area (Å²) < 4.78 is 48.7. The van der Waals surface area contributed by atoms with Crippen molar-refractivity contribution in [3.63, 3.8) is 0 Å². The van der Waals surface area contributed by atoms with Crippen molar-refractivity contribution in [3.8, 4) is 22.8 Å². The van der Waals surface area contributed by atoms with Gasteiger partial charge >= 0.3 is 6.18 Å². The van der Waals surface area contributed by atoms with Crippen LogP contribution in [0.2, 0.25) is 0 Å². The Hall–Kier alpha value is -3.49. The summed E-state index contributed by atoms with van der Waals surface area (Å²) in [5, 5.41) is 3.13. The third kappa shape index (κ3) is 4.87. The molecule has 0 radical (unpaired) electrons. The molecule has 3 N–H and O–H groups in total. The maximum Gasteiger partial charge on any atom is 0.416 e. The summed E-state index contributed by atoms with van der Waals surface area (Å²) in [5.41, 5.74) is 6.87. The van der Waals surface area contributed by atoms with Gasteiger partial charge in [-0.2, -0.15) is 18.2 Å². The summed E-state index contributed by atoms with van der Waals surface area (Å²) in [6.45, 7) is 0.420. The molecule has 0 bridgehead atoms. The van der Waals surface area contributed by atoms with E-state index in [1.54, 1.807) is 26.4 Å². The first kappa shape index (κ1) is 20.2. The van der Waals surface area contributed by atoms with Crippen molar-refractivity contribution < 1.29 is 22.6 Å². The highest BCUT2D eigenvalue weighted by atomic mass is 19.4. The normalized spacial score (nSPS) is 11.2. The van der Waals surface area contributed by atoms with Gasteiger partial charge in [-0.3, -0.25) is 0 Å². The van der Waals surface area contributed by atoms with Crippen molar-refractivity contribution in [2.24, 2.45) is 0 Å². The number of nitrogens with two attached hydrogens (primary N) is 1. The van der Waals surface area contributed by atoms with Crippen LogP contribution in [0.5, 0.6) is 11.5 Å². The molecule has 9 heteroatoms. The van der Waals surface area contributed by atoms with Crippen molar-refractivity contribution in [1.82, 2.24) is 9.97 Å². The fraction of sp³-hybridized carbons (Fsp3) is 0.200. The fourth-order valence-corrected chi connectivity index (χ4v) is 2.72. The highest BCUT2D eigenvalue weighted by Crippen LogP contribution is 2.31. The van der Waals surface area contributed by atoms with Gasteiger partial charge in [-0.05, 0) is 29.8 Å². The highest BCUT2D eigenvalue weighted by Gasteiger charge is 2.30. The van der Waals surface area contributed by atoms with Crippen LogP contribution in [0.3, 0.4) is 0 Å². The van der Waals surface area contributed by atoms with E-state index in [1.165, 1.54) is 12.1 Å². The molecule has 0 atom stereocenters. The molecule has 29 heavy (non-hydrogen) atoms. The zero-order valence-electron chi connectivity index (χ0n) is 15.7. The van der Waals surface area contributed by atoms with Gasteiger partial charge in [0.2, 0.25) is 5.95 Å². The maximum absolute atomic E-state index is 12.7. The average molecular weight is 404 g/mol. The van der Waals surface area contributed by atoms with Crippen molar-refractivity contribution in [1.29, 1.82) is 0 Å². The average Bonchev–Trinajstić information content (AvgIpc) is 2.71.